The van der Waals surface area contributed by atoms with E-state index in [1.807, 2.05) is 13.8 Å². The largest absolute Gasteiger partial charge is 0.480 e. The lowest BCUT2D eigenvalue weighted by atomic mass is 9.91. The molecule has 0 heterocycles. The van der Waals surface area contributed by atoms with Gasteiger partial charge in [-0.05, 0) is 52.0 Å². The van der Waals surface area contributed by atoms with Crippen LogP contribution in [0.3, 0.4) is 0 Å². The highest BCUT2D eigenvalue weighted by molar-refractivity contribution is 5.80. The molecule has 104 valence electrons. The summed E-state index contributed by atoms with van der Waals surface area (Å²) in [6.45, 7) is 7.81. The molecule has 0 bridgehead atoms. The van der Waals surface area contributed by atoms with Crippen LogP contribution in [0.1, 0.15) is 46.5 Å². The fraction of sp³-hybridized carbons (Fsp3) is 0.929. The summed E-state index contributed by atoms with van der Waals surface area (Å²) < 4.78 is 0. The van der Waals surface area contributed by atoms with E-state index in [9.17, 15) is 9.90 Å². The number of nitrogens with zero attached hydrogens (tertiary/aromatic N) is 1. The molecule has 0 aromatic heterocycles. The standard InChI is InChI=1S/C14H26N2O2/c1-4-16(12-7-8-12)9-14(13(17)18,11-5-6-11)15-10(2)3/h10-12,15H,4-9H2,1-3H3,(H,17,18). The Morgan fingerprint density at radius 1 is 1.39 bits per heavy atom. The normalized spacial score (nSPS) is 23.4. The van der Waals surface area contributed by atoms with E-state index in [0.29, 0.717) is 18.5 Å². The van der Waals surface area contributed by atoms with Crippen LogP contribution in [0.4, 0.5) is 0 Å². The number of rotatable bonds is 8. The maximum atomic E-state index is 11.8. The van der Waals surface area contributed by atoms with Gasteiger partial charge in [-0.25, -0.2) is 0 Å². The summed E-state index contributed by atoms with van der Waals surface area (Å²) in [5, 5.41) is 13.1. The molecule has 4 heteroatoms. The Kier molecular flexibility index (Phi) is 3.97. The van der Waals surface area contributed by atoms with Crippen LogP contribution in [0.5, 0.6) is 0 Å². The van der Waals surface area contributed by atoms with Crippen LogP contribution in [-0.4, -0.2) is 46.7 Å². The van der Waals surface area contributed by atoms with Crippen molar-refractivity contribution < 1.29 is 9.90 Å². The molecular weight excluding hydrogens is 228 g/mol. The summed E-state index contributed by atoms with van der Waals surface area (Å²) in [6.07, 6.45) is 4.56. The average Bonchev–Trinajstić information content (AvgIpc) is 3.16. The van der Waals surface area contributed by atoms with E-state index in [0.717, 1.165) is 19.4 Å². The molecule has 0 radical (unpaired) electrons. The number of carboxylic acid groups (broad SMARTS) is 1. The fourth-order valence-electron chi connectivity index (χ4n) is 2.95. The molecule has 2 saturated carbocycles. The minimum Gasteiger partial charge on any atom is -0.480 e. The monoisotopic (exact) mass is 254 g/mol. The molecule has 0 aromatic rings. The van der Waals surface area contributed by atoms with Gasteiger partial charge in [0.05, 0.1) is 0 Å². The van der Waals surface area contributed by atoms with Crippen molar-refractivity contribution in [2.45, 2.75) is 64.1 Å². The Morgan fingerprint density at radius 3 is 2.33 bits per heavy atom. The number of carboxylic acids is 1. The van der Waals surface area contributed by atoms with Crippen LogP contribution in [0, 0.1) is 5.92 Å². The Balaban J connectivity index is 2.13. The maximum Gasteiger partial charge on any atom is 0.325 e. The van der Waals surface area contributed by atoms with Crippen LogP contribution < -0.4 is 5.32 Å². The summed E-state index contributed by atoms with van der Waals surface area (Å²) in [5.41, 5.74) is -0.729. The number of carbonyl (C=O) groups is 1. The van der Waals surface area contributed by atoms with Gasteiger partial charge in [-0.1, -0.05) is 6.92 Å². The SMILES string of the molecule is CCN(CC(NC(C)C)(C(=O)O)C1CC1)C1CC1. The lowest BCUT2D eigenvalue weighted by Gasteiger charge is -2.37. The van der Waals surface area contributed by atoms with Gasteiger partial charge in [0.25, 0.3) is 0 Å². The van der Waals surface area contributed by atoms with Gasteiger partial charge in [0.1, 0.15) is 5.54 Å². The maximum absolute atomic E-state index is 11.8. The molecule has 1 atom stereocenters. The average molecular weight is 254 g/mol. The van der Waals surface area contributed by atoms with Crippen molar-refractivity contribution in [3.05, 3.63) is 0 Å². The highest BCUT2D eigenvalue weighted by atomic mass is 16.4. The molecule has 0 saturated heterocycles. The second-order valence-electron chi connectivity index (χ2n) is 6.14. The summed E-state index contributed by atoms with van der Waals surface area (Å²) in [6, 6.07) is 0.834. The fourth-order valence-corrected chi connectivity index (χ4v) is 2.95. The number of hydrogen-bond acceptors (Lipinski definition) is 3. The van der Waals surface area contributed by atoms with Crippen molar-refractivity contribution in [1.29, 1.82) is 0 Å². The van der Waals surface area contributed by atoms with Crippen molar-refractivity contribution >= 4 is 5.97 Å². The summed E-state index contributed by atoms with van der Waals surface area (Å²) in [7, 11) is 0. The minimum absolute atomic E-state index is 0.208. The smallest absolute Gasteiger partial charge is 0.325 e. The van der Waals surface area contributed by atoms with E-state index in [4.69, 9.17) is 0 Å². The lowest BCUT2D eigenvalue weighted by Crippen LogP contribution is -2.62. The van der Waals surface area contributed by atoms with Crippen LogP contribution >= 0.6 is 0 Å². The van der Waals surface area contributed by atoms with Gasteiger partial charge in [-0.15, -0.1) is 0 Å². The quantitative estimate of drug-likeness (QED) is 0.692. The van der Waals surface area contributed by atoms with Gasteiger partial charge in [-0.3, -0.25) is 15.0 Å². The molecule has 1 unspecified atom stereocenters. The van der Waals surface area contributed by atoms with E-state index in [2.05, 4.69) is 17.1 Å². The van der Waals surface area contributed by atoms with Gasteiger partial charge in [0, 0.05) is 18.6 Å². The Labute approximate surface area is 110 Å². The number of nitrogens with one attached hydrogen (secondary N) is 1. The van der Waals surface area contributed by atoms with Crippen LogP contribution in [0.15, 0.2) is 0 Å². The second kappa shape index (κ2) is 5.17. The van der Waals surface area contributed by atoms with Crippen molar-refractivity contribution in [2.24, 2.45) is 5.92 Å². The molecule has 0 aliphatic heterocycles. The topological polar surface area (TPSA) is 52.6 Å². The third-order valence-corrected chi connectivity index (χ3v) is 4.12. The van der Waals surface area contributed by atoms with E-state index in [1.165, 1.54) is 12.8 Å². The van der Waals surface area contributed by atoms with E-state index >= 15 is 0 Å². The summed E-state index contributed by atoms with van der Waals surface area (Å²) in [4.78, 5) is 14.2. The molecule has 0 spiro atoms. The first kappa shape index (κ1) is 13.8. The second-order valence-corrected chi connectivity index (χ2v) is 6.14. The van der Waals surface area contributed by atoms with Crippen molar-refractivity contribution in [3.8, 4) is 0 Å². The molecule has 2 N–H and O–H groups in total. The molecule has 4 nitrogen and oxygen atoms in total. The number of likely N-dealkylation sites (N-methyl/N-ethyl adjacent to an activating group) is 1. The zero-order chi connectivity index (χ0) is 13.3. The predicted octanol–water partition coefficient (Wildman–Crippen LogP) is 1.70. The van der Waals surface area contributed by atoms with E-state index < -0.39 is 11.5 Å². The highest BCUT2D eigenvalue weighted by Crippen LogP contribution is 2.42. The van der Waals surface area contributed by atoms with Crippen molar-refractivity contribution in [1.82, 2.24) is 10.2 Å². The molecule has 2 aliphatic carbocycles. The van der Waals surface area contributed by atoms with Gasteiger partial charge in [0.15, 0.2) is 0 Å². The lowest BCUT2D eigenvalue weighted by molar-refractivity contribution is -0.147. The number of hydrogen-bond donors (Lipinski definition) is 2. The zero-order valence-electron chi connectivity index (χ0n) is 11.8. The first-order valence-corrected chi connectivity index (χ1v) is 7.24. The van der Waals surface area contributed by atoms with E-state index in [-0.39, 0.29) is 6.04 Å². The van der Waals surface area contributed by atoms with Gasteiger partial charge >= 0.3 is 5.97 Å². The molecule has 2 rings (SSSR count). The summed E-state index contributed by atoms with van der Waals surface area (Å²) >= 11 is 0. The van der Waals surface area contributed by atoms with Crippen LogP contribution in [0.25, 0.3) is 0 Å². The van der Waals surface area contributed by atoms with Crippen LogP contribution in [-0.2, 0) is 4.79 Å². The van der Waals surface area contributed by atoms with Gasteiger partial charge < -0.3 is 5.11 Å². The van der Waals surface area contributed by atoms with E-state index in [1.54, 1.807) is 0 Å². The first-order valence-electron chi connectivity index (χ1n) is 7.24. The van der Waals surface area contributed by atoms with Gasteiger partial charge in [0.2, 0.25) is 0 Å². The third-order valence-electron chi connectivity index (χ3n) is 4.12. The predicted molar refractivity (Wildman–Crippen MR) is 71.6 cm³/mol. The molecule has 0 aromatic carbocycles. The number of aliphatic carboxylic acids is 1. The molecule has 0 amide bonds. The highest BCUT2D eigenvalue weighted by Gasteiger charge is 2.53. The Bertz CT molecular complexity index is 311. The van der Waals surface area contributed by atoms with Gasteiger partial charge in [-0.2, -0.15) is 0 Å². The Hall–Kier alpha value is -0.610. The van der Waals surface area contributed by atoms with Crippen molar-refractivity contribution in [3.63, 3.8) is 0 Å². The molecule has 2 aliphatic rings. The third kappa shape index (κ3) is 2.86. The first-order chi connectivity index (χ1) is 8.49. The molecular formula is C14H26N2O2. The Morgan fingerprint density at radius 2 is 2.00 bits per heavy atom. The minimum atomic E-state index is -0.729. The molecule has 18 heavy (non-hydrogen) atoms. The summed E-state index contributed by atoms with van der Waals surface area (Å²) in [5.74, 6) is -0.358. The zero-order valence-corrected chi connectivity index (χ0v) is 11.8. The van der Waals surface area contributed by atoms with Crippen LogP contribution in [0.2, 0.25) is 0 Å². The van der Waals surface area contributed by atoms with Crippen molar-refractivity contribution in [2.75, 3.05) is 13.1 Å². The molecule has 2 fully saturated rings.